The lowest BCUT2D eigenvalue weighted by atomic mass is 9.96. The van der Waals surface area contributed by atoms with E-state index in [0.29, 0.717) is 34.9 Å². The molecule has 0 bridgehead atoms. The SMILES string of the molecule is Cc1ccc(-c2cccc(-c3nc(-c4ccccc4)nc(-c4ccccc4)n3)c2)c(-c2cccc(-c3nc(-c4ccccc4)nc(-c4ccccc4)n3)c2)n1. The van der Waals surface area contributed by atoms with Crippen molar-refractivity contribution in [2.45, 2.75) is 6.92 Å². The molecule has 0 atom stereocenters. The molecule has 0 saturated carbocycles. The molecule has 0 amide bonds. The highest BCUT2D eigenvalue weighted by atomic mass is 15.0. The zero-order valence-electron chi connectivity index (χ0n) is 30.0. The molecule has 0 unspecified atom stereocenters. The van der Waals surface area contributed by atoms with Gasteiger partial charge in [-0.1, -0.05) is 164 Å². The predicted molar refractivity (Wildman–Crippen MR) is 219 cm³/mol. The maximum absolute atomic E-state index is 5.10. The van der Waals surface area contributed by atoms with E-state index in [9.17, 15) is 0 Å². The third-order valence-corrected chi connectivity index (χ3v) is 9.26. The lowest BCUT2D eigenvalue weighted by molar-refractivity contribution is 1.07. The van der Waals surface area contributed by atoms with Crippen LogP contribution in [0.3, 0.4) is 0 Å². The van der Waals surface area contributed by atoms with Crippen molar-refractivity contribution in [1.82, 2.24) is 34.9 Å². The van der Waals surface area contributed by atoms with Gasteiger partial charge < -0.3 is 0 Å². The Hall–Kier alpha value is -7.51. The van der Waals surface area contributed by atoms with E-state index in [1.54, 1.807) is 0 Å². The minimum absolute atomic E-state index is 0.587. The highest BCUT2D eigenvalue weighted by Gasteiger charge is 2.17. The Kier molecular flexibility index (Phi) is 9.00. The molecule has 0 radical (unpaired) electrons. The van der Waals surface area contributed by atoms with Crippen molar-refractivity contribution in [3.8, 4) is 90.7 Å². The van der Waals surface area contributed by atoms with Crippen LogP contribution < -0.4 is 0 Å². The van der Waals surface area contributed by atoms with Crippen LogP contribution in [0.5, 0.6) is 0 Å². The lowest BCUT2D eigenvalue weighted by Crippen LogP contribution is -2.00. The fourth-order valence-electron chi connectivity index (χ4n) is 6.52. The van der Waals surface area contributed by atoms with Gasteiger partial charge in [0.15, 0.2) is 34.9 Å². The first-order valence-corrected chi connectivity index (χ1v) is 18.1. The van der Waals surface area contributed by atoms with E-state index >= 15 is 0 Å². The van der Waals surface area contributed by atoms with Gasteiger partial charge in [0.1, 0.15) is 0 Å². The van der Waals surface area contributed by atoms with Crippen molar-refractivity contribution in [1.29, 1.82) is 0 Å². The Morgan fingerprint density at radius 1 is 0.255 bits per heavy atom. The number of pyridine rings is 1. The number of rotatable bonds is 8. The molecule has 0 aliphatic carbocycles. The lowest BCUT2D eigenvalue weighted by Gasteiger charge is -2.13. The standard InChI is InChI=1S/C48H33N7/c1-32-28-29-41(37-24-14-26-39(30-37)47-52-43(33-16-6-2-7-17-33)50-44(53-47)34-18-8-3-9-19-34)42(49-32)38-25-15-27-40(31-38)48-54-45(35-20-10-4-11-21-35)51-46(55-48)36-22-12-5-13-23-36/h2-31H,1H3. The largest absolute Gasteiger partial charge is 0.252 e. The summed E-state index contributed by atoms with van der Waals surface area (Å²) in [6, 6.07) is 60.8. The Balaban J connectivity index is 1.14. The number of hydrogen-bond donors (Lipinski definition) is 0. The van der Waals surface area contributed by atoms with Crippen LogP contribution in [0, 0.1) is 6.92 Å². The molecule has 9 aromatic rings. The van der Waals surface area contributed by atoms with E-state index in [0.717, 1.165) is 61.5 Å². The predicted octanol–water partition coefficient (Wildman–Crippen LogP) is 11.1. The molecule has 3 heterocycles. The van der Waals surface area contributed by atoms with Crippen molar-refractivity contribution in [3.63, 3.8) is 0 Å². The highest BCUT2D eigenvalue weighted by molar-refractivity contribution is 5.84. The van der Waals surface area contributed by atoms with Crippen LogP contribution in [-0.4, -0.2) is 34.9 Å². The Labute approximate surface area is 319 Å². The summed E-state index contributed by atoms with van der Waals surface area (Å²) in [5, 5.41) is 0. The van der Waals surface area contributed by atoms with Crippen molar-refractivity contribution < 1.29 is 0 Å². The van der Waals surface area contributed by atoms with Crippen molar-refractivity contribution in [2.75, 3.05) is 0 Å². The van der Waals surface area contributed by atoms with Gasteiger partial charge in [-0.25, -0.2) is 29.9 Å². The van der Waals surface area contributed by atoms with Gasteiger partial charge in [-0.15, -0.1) is 0 Å². The molecule has 55 heavy (non-hydrogen) atoms. The summed E-state index contributed by atoms with van der Waals surface area (Å²) in [6.45, 7) is 2.01. The minimum atomic E-state index is 0.587. The molecule has 9 rings (SSSR count). The van der Waals surface area contributed by atoms with E-state index in [1.807, 2.05) is 159 Å². The zero-order chi connectivity index (χ0) is 37.0. The van der Waals surface area contributed by atoms with Crippen LogP contribution in [0.25, 0.3) is 90.7 Å². The van der Waals surface area contributed by atoms with E-state index in [4.69, 9.17) is 34.9 Å². The molecule has 6 aromatic carbocycles. The maximum Gasteiger partial charge on any atom is 0.164 e. The van der Waals surface area contributed by atoms with Gasteiger partial charge in [0.2, 0.25) is 0 Å². The van der Waals surface area contributed by atoms with Gasteiger partial charge in [-0.2, -0.15) is 0 Å². The second-order valence-corrected chi connectivity index (χ2v) is 13.1. The monoisotopic (exact) mass is 707 g/mol. The summed E-state index contributed by atoms with van der Waals surface area (Å²) in [7, 11) is 0. The van der Waals surface area contributed by atoms with Gasteiger partial charge in [0.25, 0.3) is 0 Å². The maximum atomic E-state index is 5.10. The first-order valence-electron chi connectivity index (χ1n) is 18.1. The van der Waals surface area contributed by atoms with Crippen LogP contribution in [0.1, 0.15) is 5.69 Å². The van der Waals surface area contributed by atoms with Crippen LogP contribution in [0.4, 0.5) is 0 Å². The second kappa shape index (κ2) is 14.8. The Morgan fingerprint density at radius 2 is 0.564 bits per heavy atom. The molecule has 0 N–H and O–H groups in total. The van der Waals surface area contributed by atoms with Crippen LogP contribution >= 0.6 is 0 Å². The number of nitrogens with zero attached hydrogens (tertiary/aromatic N) is 7. The average Bonchev–Trinajstić information content (AvgIpc) is 3.27. The highest BCUT2D eigenvalue weighted by Crippen LogP contribution is 2.35. The molecule has 7 heteroatoms. The zero-order valence-corrected chi connectivity index (χ0v) is 30.0. The van der Waals surface area contributed by atoms with Gasteiger partial charge in [0.05, 0.1) is 5.69 Å². The summed E-state index contributed by atoms with van der Waals surface area (Å²) in [5.74, 6) is 3.65. The minimum Gasteiger partial charge on any atom is -0.252 e. The molecular formula is C48H33N7. The fraction of sp³-hybridized carbons (Fsp3) is 0.0208. The molecule has 0 saturated heterocycles. The van der Waals surface area contributed by atoms with Crippen molar-refractivity contribution in [2.24, 2.45) is 0 Å². The molecule has 0 fully saturated rings. The summed E-state index contributed by atoms with van der Waals surface area (Å²) in [6.07, 6.45) is 0. The average molecular weight is 708 g/mol. The van der Waals surface area contributed by atoms with E-state index in [2.05, 4.69) is 30.3 Å². The molecule has 0 aliphatic rings. The summed E-state index contributed by atoms with van der Waals surface area (Å²) >= 11 is 0. The number of benzene rings is 6. The molecule has 260 valence electrons. The van der Waals surface area contributed by atoms with E-state index in [1.165, 1.54) is 0 Å². The smallest absolute Gasteiger partial charge is 0.164 e. The molecule has 7 nitrogen and oxygen atoms in total. The third kappa shape index (κ3) is 7.14. The van der Waals surface area contributed by atoms with Crippen molar-refractivity contribution in [3.05, 3.63) is 188 Å². The summed E-state index contributed by atoms with van der Waals surface area (Å²) in [4.78, 5) is 34.7. The molecule has 0 aliphatic heterocycles. The Morgan fingerprint density at radius 3 is 0.964 bits per heavy atom. The van der Waals surface area contributed by atoms with Gasteiger partial charge in [0, 0.05) is 50.2 Å². The third-order valence-electron chi connectivity index (χ3n) is 9.26. The van der Waals surface area contributed by atoms with Crippen molar-refractivity contribution >= 4 is 0 Å². The second-order valence-electron chi connectivity index (χ2n) is 13.1. The van der Waals surface area contributed by atoms with E-state index < -0.39 is 0 Å². The number of aryl methyl sites for hydroxylation is 1. The number of aromatic nitrogens is 7. The van der Waals surface area contributed by atoms with Crippen LogP contribution in [0.15, 0.2) is 182 Å². The van der Waals surface area contributed by atoms with Crippen LogP contribution in [0.2, 0.25) is 0 Å². The van der Waals surface area contributed by atoms with Gasteiger partial charge in [-0.05, 0) is 30.7 Å². The first kappa shape index (κ1) is 33.3. The first-order chi connectivity index (χ1) is 27.1. The normalized spacial score (nSPS) is 11.0. The Bertz CT molecular complexity index is 2640. The topological polar surface area (TPSA) is 90.2 Å². The summed E-state index contributed by atoms with van der Waals surface area (Å²) in [5.41, 5.74) is 10.1. The van der Waals surface area contributed by atoms with Gasteiger partial charge >= 0.3 is 0 Å². The fourth-order valence-corrected chi connectivity index (χ4v) is 6.52. The molecule has 0 spiro atoms. The summed E-state index contributed by atoms with van der Waals surface area (Å²) < 4.78 is 0. The molecular weight excluding hydrogens is 675 g/mol. The van der Waals surface area contributed by atoms with E-state index in [-0.39, 0.29) is 0 Å². The molecule has 3 aromatic heterocycles. The van der Waals surface area contributed by atoms with Crippen LogP contribution in [-0.2, 0) is 0 Å². The number of hydrogen-bond acceptors (Lipinski definition) is 7. The van der Waals surface area contributed by atoms with Gasteiger partial charge in [-0.3, -0.25) is 4.98 Å². The quantitative estimate of drug-likeness (QED) is 0.155.